The number of ketones is 3. The Morgan fingerprint density at radius 3 is 0.677 bits per heavy atom. The Bertz CT molecular complexity index is 559. The minimum Gasteiger partial charge on any atom is -0.393 e. The third-order valence-electron chi connectivity index (χ3n) is 1.95. The summed E-state index contributed by atoms with van der Waals surface area (Å²) in [4.78, 5) is 92.1. The van der Waals surface area contributed by atoms with Crippen molar-refractivity contribution >= 4 is 70.5 Å². The van der Waals surface area contributed by atoms with Crippen LogP contribution in [0.2, 0.25) is 0 Å². The molecule has 0 aliphatic rings. The average molecular weight is 459 g/mol. The van der Waals surface area contributed by atoms with Gasteiger partial charge in [-0.1, -0.05) is 0 Å². The van der Waals surface area contributed by atoms with Crippen molar-refractivity contribution in [2.24, 2.45) is 0 Å². The van der Waals surface area contributed by atoms with Crippen molar-refractivity contribution in [3.05, 3.63) is 0 Å². The summed E-state index contributed by atoms with van der Waals surface area (Å²) in [6.07, 6.45) is -1.00. The molecule has 0 aromatic carbocycles. The fraction of sp³-hybridized carbons (Fsp3) is 0.500. The zero-order chi connectivity index (χ0) is 24.4. The first-order valence-corrected chi connectivity index (χ1v) is 8.18. The van der Waals surface area contributed by atoms with E-state index in [0.29, 0.717) is 0 Å². The van der Waals surface area contributed by atoms with Crippen molar-refractivity contribution in [1.82, 2.24) is 0 Å². The molecule has 171 valence electrons. The van der Waals surface area contributed by atoms with Crippen molar-refractivity contribution < 1.29 is 57.4 Å². The van der Waals surface area contributed by atoms with Crippen molar-refractivity contribution in [2.45, 2.75) is 60.8 Å². The minimum absolute atomic E-state index is 0. The van der Waals surface area contributed by atoms with Crippen molar-refractivity contribution in [1.29, 1.82) is 0 Å². The number of Topliss-reactive ketones (excluding diaryl/α,β-unsaturated/α-hetero) is 3. The average Bonchev–Trinajstić information content (AvgIpc) is 2.42. The van der Waals surface area contributed by atoms with Gasteiger partial charge in [-0.15, -0.1) is 0 Å². The van der Waals surface area contributed by atoms with Gasteiger partial charge in [-0.05, 0) is 20.8 Å². The van der Waals surface area contributed by atoms with Gasteiger partial charge in [0.05, 0.1) is 0 Å². The maximum absolute atomic E-state index is 10.4. The molecule has 0 aliphatic carbocycles. The standard InChI is InChI=1S/3C6H8O4.Al/c3*1-4(7)3-6(9)10-5(2)8;/h3*3H2,1-2H3;. The number of hydrogen-bond donors (Lipinski definition) is 0. The monoisotopic (exact) mass is 459 g/mol. The molecule has 0 aromatic rings. The van der Waals surface area contributed by atoms with Crippen LogP contribution in [0.4, 0.5) is 0 Å². The van der Waals surface area contributed by atoms with Gasteiger partial charge in [0.25, 0.3) is 0 Å². The highest BCUT2D eigenvalue weighted by atomic mass is 27.0. The van der Waals surface area contributed by atoms with E-state index in [1.807, 2.05) is 0 Å². The first-order chi connectivity index (χ1) is 13.6. The molecule has 0 amide bonds. The highest BCUT2D eigenvalue weighted by Crippen LogP contribution is 1.89. The summed E-state index contributed by atoms with van der Waals surface area (Å²) >= 11 is 0. The van der Waals surface area contributed by atoms with Crippen LogP contribution in [-0.2, 0) is 57.4 Å². The third kappa shape index (κ3) is 38.2. The summed E-state index contributed by atoms with van der Waals surface area (Å²) in [7, 11) is 0. The smallest absolute Gasteiger partial charge is 0.320 e. The molecule has 0 atom stereocenters. The van der Waals surface area contributed by atoms with Gasteiger partial charge in [-0.25, -0.2) is 0 Å². The number of esters is 6. The molecule has 0 aromatic heterocycles. The Morgan fingerprint density at radius 1 is 0.419 bits per heavy atom. The summed E-state index contributed by atoms with van der Waals surface area (Å²) in [5.41, 5.74) is 0. The predicted octanol–water partition coefficient (Wildman–Crippen LogP) is -0.215. The molecule has 0 aliphatic heterocycles. The second-order valence-corrected chi connectivity index (χ2v) is 5.53. The van der Waals surface area contributed by atoms with Crippen LogP contribution in [0.25, 0.3) is 0 Å². The second kappa shape index (κ2) is 20.2. The van der Waals surface area contributed by atoms with E-state index in [2.05, 4.69) is 14.2 Å². The largest absolute Gasteiger partial charge is 0.393 e. The van der Waals surface area contributed by atoms with Crippen molar-refractivity contribution in [3.8, 4) is 0 Å². The van der Waals surface area contributed by atoms with Crippen LogP contribution in [-0.4, -0.2) is 70.5 Å². The summed E-state index contributed by atoms with van der Waals surface area (Å²) < 4.78 is 12.2. The first-order valence-electron chi connectivity index (χ1n) is 8.18. The summed E-state index contributed by atoms with van der Waals surface area (Å²) in [6, 6.07) is 0. The molecule has 31 heavy (non-hydrogen) atoms. The van der Waals surface area contributed by atoms with Gasteiger partial charge in [0, 0.05) is 38.1 Å². The van der Waals surface area contributed by atoms with Gasteiger partial charge in [-0.2, -0.15) is 0 Å². The molecule has 12 nitrogen and oxygen atoms in total. The number of hydrogen-bond acceptors (Lipinski definition) is 12. The van der Waals surface area contributed by atoms with Gasteiger partial charge in [-0.3, -0.25) is 43.2 Å². The molecular weight excluding hydrogens is 435 g/mol. The van der Waals surface area contributed by atoms with Crippen LogP contribution in [0.3, 0.4) is 0 Å². The Labute approximate surface area is 189 Å². The summed E-state index contributed by atoms with van der Waals surface area (Å²) in [6.45, 7) is 7.08. The molecule has 0 unspecified atom stereocenters. The van der Waals surface area contributed by atoms with Crippen LogP contribution in [0, 0.1) is 0 Å². The molecule has 0 saturated heterocycles. The zero-order valence-electron chi connectivity index (χ0n) is 18.1. The van der Waals surface area contributed by atoms with E-state index in [9.17, 15) is 43.2 Å². The van der Waals surface area contributed by atoms with Crippen LogP contribution >= 0.6 is 0 Å². The highest BCUT2D eigenvalue weighted by Gasteiger charge is 2.09. The topological polar surface area (TPSA) is 181 Å². The van der Waals surface area contributed by atoms with Crippen molar-refractivity contribution in [3.63, 3.8) is 0 Å². The number of carbonyl (C=O) groups excluding carboxylic acids is 9. The second-order valence-electron chi connectivity index (χ2n) is 5.53. The fourth-order valence-electron chi connectivity index (χ4n) is 1.20. The predicted molar refractivity (Wildman–Crippen MR) is 102 cm³/mol. The SMILES string of the molecule is CC(=O)CC(=O)OC(C)=O.CC(=O)CC(=O)OC(C)=O.CC(=O)CC(=O)OC(C)=O.[Al]. The van der Waals surface area contributed by atoms with E-state index >= 15 is 0 Å². The Balaban J connectivity index is -0.000000174. The van der Waals surface area contributed by atoms with E-state index in [-0.39, 0.29) is 54.0 Å². The van der Waals surface area contributed by atoms with Gasteiger partial charge in [0.15, 0.2) is 0 Å². The van der Waals surface area contributed by atoms with Gasteiger partial charge in [0.1, 0.15) is 36.6 Å². The molecule has 0 saturated carbocycles. The summed E-state index contributed by atoms with van der Waals surface area (Å²) in [5.74, 6) is -5.38. The van der Waals surface area contributed by atoms with E-state index in [1.54, 1.807) is 0 Å². The summed E-state index contributed by atoms with van der Waals surface area (Å²) in [5, 5.41) is 0. The molecule has 0 heterocycles. The van der Waals surface area contributed by atoms with Crippen LogP contribution in [0.1, 0.15) is 60.8 Å². The Hall–Kier alpha value is -3.04. The van der Waals surface area contributed by atoms with Gasteiger partial charge in [0.2, 0.25) is 0 Å². The van der Waals surface area contributed by atoms with E-state index in [0.717, 1.165) is 20.8 Å². The molecule has 0 fully saturated rings. The lowest BCUT2D eigenvalue weighted by Gasteiger charge is -1.94. The quantitative estimate of drug-likeness (QED) is 0.221. The van der Waals surface area contributed by atoms with Crippen LogP contribution < -0.4 is 0 Å². The number of rotatable bonds is 6. The van der Waals surface area contributed by atoms with Crippen LogP contribution in [0.15, 0.2) is 0 Å². The lowest BCUT2D eigenvalue weighted by molar-refractivity contribution is -0.160. The fourth-order valence-corrected chi connectivity index (χ4v) is 1.20. The normalized spacial score (nSPS) is 8.32. The Morgan fingerprint density at radius 2 is 0.581 bits per heavy atom. The maximum atomic E-state index is 10.4. The van der Waals surface area contributed by atoms with Gasteiger partial charge < -0.3 is 14.2 Å². The molecule has 0 bridgehead atoms. The number of ether oxygens (including phenoxy) is 3. The van der Waals surface area contributed by atoms with E-state index in [1.165, 1.54) is 20.8 Å². The van der Waals surface area contributed by atoms with Gasteiger partial charge >= 0.3 is 35.8 Å². The molecular formula is C18H24AlO12. The third-order valence-corrected chi connectivity index (χ3v) is 1.95. The van der Waals surface area contributed by atoms with E-state index < -0.39 is 35.8 Å². The molecule has 0 spiro atoms. The molecule has 3 radical (unpaired) electrons. The van der Waals surface area contributed by atoms with E-state index in [4.69, 9.17) is 0 Å². The Kier molecular flexibility index (Phi) is 23.1. The minimum atomic E-state index is -0.792. The first kappa shape index (κ1) is 35.4. The maximum Gasteiger partial charge on any atom is 0.320 e. The number of carbonyl (C=O) groups is 9. The highest BCUT2D eigenvalue weighted by molar-refractivity contribution is 5.98. The van der Waals surface area contributed by atoms with Crippen LogP contribution in [0.5, 0.6) is 0 Å². The zero-order valence-corrected chi connectivity index (χ0v) is 19.3. The molecule has 0 rings (SSSR count). The lowest BCUT2D eigenvalue weighted by atomic mass is 10.3. The molecule has 13 heteroatoms. The lowest BCUT2D eigenvalue weighted by Crippen LogP contribution is -2.11. The van der Waals surface area contributed by atoms with Crippen molar-refractivity contribution in [2.75, 3.05) is 0 Å². The molecule has 0 N–H and O–H groups in total.